The average Bonchev–Trinajstić information content (AvgIpc) is 2.80. The Kier molecular flexibility index (Phi) is 6.25. The zero-order valence-electron chi connectivity index (χ0n) is 14.8. The molecule has 0 amide bonds. The number of methoxy groups -OCH3 is 1. The maximum absolute atomic E-state index is 5.25. The topological polar surface area (TPSA) is 63.5 Å². The summed E-state index contributed by atoms with van der Waals surface area (Å²) < 4.78 is 8.09. The molecule has 2 N–H and O–H groups in total. The Morgan fingerprint density at radius 3 is 2.54 bits per heavy atom. The third-order valence-electron chi connectivity index (χ3n) is 3.99. The molecule has 0 spiro atoms. The molecule has 2 rings (SSSR count). The Morgan fingerprint density at radius 2 is 2.00 bits per heavy atom. The summed E-state index contributed by atoms with van der Waals surface area (Å²) in [6.45, 7) is 5.46. The van der Waals surface area contributed by atoms with Gasteiger partial charge in [-0.25, -0.2) is 0 Å². The maximum Gasteiger partial charge on any atom is 0.191 e. The third-order valence-corrected chi connectivity index (χ3v) is 4.61. The molecule has 0 saturated carbocycles. The van der Waals surface area contributed by atoms with E-state index < -0.39 is 0 Å². The molecule has 0 saturated heterocycles. The molecule has 0 aliphatic rings. The normalized spacial score (nSPS) is 11.5. The fraction of sp³-hybridized carbons (Fsp3) is 0.412. The minimum Gasteiger partial charge on any atom is -0.496 e. The van der Waals surface area contributed by atoms with Gasteiger partial charge in [0.2, 0.25) is 0 Å². The number of halogens is 1. The molecule has 1 heterocycles. The molecule has 6 nitrogen and oxygen atoms in total. The van der Waals surface area contributed by atoms with Crippen molar-refractivity contribution in [3.8, 4) is 5.75 Å². The highest BCUT2D eigenvalue weighted by Crippen LogP contribution is 2.25. The van der Waals surface area contributed by atoms with Crippen LogP contribution in [0.2, 0.25) is 0 Å². The minimum atomic E-state index is 0.674. The lowest BCUT2D eigenvalue weighted by Gasteiger charge is -2.13. The SMILES string of the molecule is CN=C(NCc1ccc(OC)c(Br)c1)NCc1c(C)nn(C)c1C. The summed E-state index contributed by atoms with van der Waals surface area (Å²) in [6, 6.07) is 6.01. The van der Waals surface area contributed by atoms with Crippen molar-refractivity contribution in [1.29, 1.82) is 0 Å². The zero-order valence-corrected chi connectivity index (χ0v) is 16.4. The molecule has 7 heteroatoms. The molecule has 0 fully saturated rings. The van der Waals surface area contributed by atoms with E-state index in [0.29, 0.717) is 13.1 Å². The molecule has 0 aliphatic heterocycles. The van der Waals surface area contributed by atoms with Crippen LogP contribution in [0.25, 0.3) is 0 Å². The smallest absolute Gasteiger partial charge is 0.191 e. The summed E-state index contributed by atoms with van der Waals surface area (Å²) in [5.74, 6) is 1.58. The fourth-order valence-electron chi connectivity index (χ4n) is 2.47. The Balaban J connectivity index is 1.94. The summed E-state index contributed by atoms with van der Waals surface area (Å²) in [6.07, 6.45) is 0. The molecule has 1 aromatic carbocycles. The summed E-state index contributed by atoms with van der Waals surface area (Å²) in [4.78, 5) is 4.27. The number of aromatic nitrogens is 2. The maximum atomic E-state index is 5.25. The van der Waals surface area contributed by atoms with Gasteiger partial charge in [-0.3, -0.25) is 9.67 Å². The van der Waals surface area contributed by atoms with Crippen LogP contribution in [0.1, 0.15) is 22.5 Å². The monoisotopic (exact) mass is 393 g/mol. The summed E-state index contributed by atoms with van der Waals surface area (Å²) >= 11 is 3.50. The highest BCUT2D eigenvalue weighted by molar-refractivity contribution is 9.10. The van der Waals surface area contributed by atoms with Crippen molar-refractivity contribution in [3.63, 3.8) is 0 Å². The van der Waals surface area contributed by atoms with E-state index in [1.165, 1.54) is 5.56 Å². The van der Waals surface area contributed by atoms with Crippen molar-refractivity contribution in [2.24, 2.45) is 12.0 Å². The first-order valence-electron chi connectivity index (χ1n) is 7.72. The Hall–Kier alpha value is -2.02. The molecule has 0 bridgehead atoms. The average molecular weight is 394 g/mol. The van der Waals surface area contributed by atoms with Gasteiger partial charge in [0.25, 0.3) is 0 Å². The number of guanidine groups is 1. The van der Waals surface area contributed by atoms with Crippen molar-refractivity contribution in [1.82, 2.24) is 20.4 Å². The van der Waals surface area contributed by atoms with E-state index in [0.717, 1.165) is 33.1 Å². The van der Waals surface area contributed by atoms with Gasteiger partial charge in [0.05, 0.1) is 17.3 Å². The van der Waals surface area contributed by atoms with E-state index in [1.807, 2.05) is 36.9 Å². The van der Waals surface area contributed by atoms with Gasteiger partial charge in [0.15, 0.2) is 5.96 Å². The van der Waals surface area contributed by atoms with E-state index >= 15 is 0 Å². The van der Waals surface area contributed by atoms with E-state index in [9.17, 15) is 0 Å². The Morgan fingerprint density at radius 1 is 1.29 bits per heavy atom. The second-order valence-corrected chi connectivity index (χ2v) is 6.38. The number of nitrogens with zero attached hydrogens (tertiary/aromatic N) is 3. The molecule has 0 unspecified atom stereocenters. The number of hydrogen-bond donors (Lipinski definition) is 2. The van der Waals surface area contributed by atoms with Crippen LogP contribution in [0.15, 0.2) is 27.7 Å². The number of nitrogens with one attached hydrogen (secondary N) is 2. The standard InChI is InChI=1S/C17H24BrN5O/c1-11-14(12(2)23(4)22-11)10-21-17(19-3)20-9-13-6-7-16(24-5)15(18)8-13/h6-8H,9-10H2,1-5H3,(H2,19,20,21). The van der Waals surface area contributed by atoms with Gasteiger partial charge in [-0.1, -0.05) is 6.07 Å². The minimum absolute atomic E-state index is 0.674. The van der Waals surface area contributed by atoms with Gasteiger partial charge >= 0.3 is 0 Å². The van der Waals surface area contributed by atoms with Gasteiger partial charge in [-0.2, -0.15) is 5.10 Å². The van der Waals surface area contributed by atoms with Crippen LogP contribution in [0, 0.1) is 13.8 Å². The van der Waals surface area contributed by atoms with Crippen LogP contribution in [0.5, 0.6) is 5.75 Å². The molecule has 0 atom stereocenters. The highest BCUT2D eigenvalue weighted by Gasteiger charge is 2.10. The van der Waals surface area contributed by atoms with Crippen molar-refractivity contribution in [2.75, 3.05) is 14.2 Å². The van der Waals surface area contributed by atoms with Crippen LogP contribution < -0.4 is 15.4 Å². The molecular formula is C17H24BrN5O. The highest BCUT2D eigenvalue weighted by atomic mass is 79.9. The van der Waals surface area contributed by atoms with Crippen LogP contribution >= 0.6 is 15.9 Å². The number of ether oxygens (including phenoxy) is 1. The van der Waals surface area contributed by atoms with Crippen molar-refractivity contribution >= 4 is 21.9 Å². The number of aryl methyl sites for hydroxylation is 2. The molecule has 0 radical (unpaired) electrons. The first-order chi connectivity index (χ1) is 11.5. The number of aliphatic imine (C=N–C) groups is 1. The lowest BCUT2D eigenvalue weighted by molar-refractivity contribution is 0.412. The van der Waals surface area contributed by atoms with Crippen molar-refractivity contribution in [3.05, 3.63) is 45.2 Å². The van der Waals surface area contributed by atoms with Gasteiger partial charge in [0.1, 0.15) is 5.75 Å². The summed E-state index contributed by atoms with van der Waals surface area (Å²) in [5, 5.41) is 11.1. The fourth-order valence-corrected chi connectivity index (χ4v) is 3.06. The summed E-state index contributed by atoms with van der Waals surface area (Å²) in [7, 11) is 5.38. The molecule has 0 aliphatic carbocycles. The first kappa shape index (κ1) is 18.3. The van der Waals surface area contributed by atoms with Gasteiger partial charge in [0, 0.05) is 38.4 Å². The van der Waals surface area contributed by atoms with E-state index in [-0.39, 0.29) is 0 Å². The zero-order chi connectivity index (χ0) is 17.7. The molecule has 24 heavy (non-hydrogen) atoms. The van der Waals surface area contributed by atoms with Gasteiger partial charge < -0.3 is 15.4 Å². The van der Waals surface area contributed by atoms with E-state index in [4.69, 9.17) is 4.74 Å². The molecule has 1 aromatic heterocycles. The van der Waals surface area contributed by atoms with E-state index in [1.54, 1.807) is 14.2 Å². The Labute approximate surface area is 151 Å². The lowest BCUT2D eigenvalue weighted by atomic mass is 10.2. The lowest BCUT2D eigenvalue weighted by Crippen LogP contribution is -2.36. The van der Waals surface area contributed by atoms with Crippen molar-refractivity contribution < 1.29 is 4.74 Å². The van der Waals surface area contributed by atoms with Crippen LogP contribution in [-0.2, 0) is 20.1 Å². The predicted molar refractivity (Wildman–Crippen MR) is 100 cm³/mol. The molecule has 2 aromatic rings. The van der Waals surface area contributed by atoms with E-state index in [2.05, 4.69) is 43.6 Å². The number of benzene rings is 1. The van der Waals surface area contributed by atoms with Crippen LogP contribution in [0.4, 0.5) is 0 Å². The van der Waals surface area contributed by atoms with Crippen LogP contribution in [-0.4, -0.2) is 29.9 Å². The van der Waals surface area contributed by atoms with Crippen molar-refractivity contribution in [2.45, 2.75) is 26.9 Å². The largest absolute Gasteiger partial charge is 0.496 e. The second-order valence-electron chi connectivity index (χ2n) is 5.52. The molecular weight excluding hydrogens is 370 g/mol. The van der Waals surface area contributed by atoms with Crippen LogP contribution in [0.3, 0.4) is 0 Å². The predicted octanol–water partition coefficient (Wildman–Crippen LogP) is 2.67. The van der Waals surface area contributed by atoms with Gasteiger partial charge in [-0.15, -0.1) is 0 Å². The Bertz CT molecular complexity index is 739. The summed E-state index contributed by atoms with van der Waals surface area (Å²) in [5.41, 5.74) is 4.54. The third kappa shape index (κ3) is 4.29. The number of hydrogen-bond acceptors (Lipinski definition) is 3. The first-order valence-corrected chi connectivity index (χ1v) is 8.51. The quantitative estimate of drug-likeness (QED) is 0.605. The second kappa shape index (κ2) is 8.19. The molecule has 130 valence electrons. The van der Waals surface area contributed by atoms with Gasteiger partial charge in [-0.05, 0) is 47.5 Å². The number of rotatable bonds is 5.